The molecule has 0 spiro atoms. The van der Waals surface area contributed by atoms with Crippen LogP contribution in [0, 0.1) is 13.8 Å². The largest absolute Gasteiger partial charge is 0.308 e. The van der Waals surface area contributed by atoms with Crippen LogP contribution in [-0.4, -0.2) is 24.5 Å². The first-order valence-electron chi connectivity index (χ1n) is 19.2. The van der Waals surface area contributed by atoms with E-state index in [4.69, 9.17) is 15.0 Å². The van der Waals surface area contributed by atoms with Gasteiger partial charge < -0.3 is 4.57 Å². The Balaban J connectivity index is 1.27. The zero-order chi connectivity index (χ0) is 38.3. The Morgan fingerprint density at radius 1 is 0.368 bits per heavy atom. The van der Waals surface area contributed by atoms with Gasteiger partial charge >= 0.3 is 0 Å². The van der Waals surface area contributed by atoms with Crippen LogP contribution in [0.4, 0.5) is 0 Å². The third-order valence-electron chi connectivity index (χ3n) is 10.7. The van der Waals surface area contributed by atoms with Gasteiger partial charge in [0, 0.05) is 45.4 Å². The summed E-state index contributed by atoms with van der Waals surface area (Å²) in [5.41, 5.74) is 15.1. The number of benzene rings is 7. The molecule has 0 saturated heterocycles. The number of aromatic nitrogens is 5. The van der Waals surface area contributed by atoms with Crippen molar-refractivity contribution in [1.82, 2.24) is 24.5 Å². The lowest BCUT2D eigenvalue weighted by molar-refractivity contribution is 1.06. The maximum absolute atomic E-state index is 5.24. The second kappa shape index (κ2) is 14.3. The monoisotopic (exact) mass is 731 g/mol. The summed E-state index contributed by atoms with van der Waals surface area (Å²) in [7, 11) is 0. The van der Waals surface area contributed by atoms with E-state index in [9.17, 15) is 0 Å². The Labute approximate surface area is 331 Å². The number of hydrogen-bond acceptors (Lipinski definition) is 4. The van der Waals surface area contributed by atoms with E-state index in [-0.39, 0.29) is 0 Å². The first kappa shape index (κ1) is 34.0. The highest BCUT2D eigenvalue weighted by molar-refractivity contribution is 6.12. The van der Waals surface area contributed by atoms with Gasteiger partial charge in [0.1, 0.15) is 0 Å². The molecule has 5 nitrogen and oxygen atoms in total. The van der Waals surface area contributed by atoms with Gasteiger partial charge in [-0.2, -0.15) is 0 Å². The van der Waals surface area contributed by atoms with Crippen molar-refractivity contribution in [2.45, 2.75) is 13.8 Å². The molecular weight excluding hydrogens is 695 g/mol. The first-order valence-corrected chi connectivity index (χ1v) is 19.2. The molecule has 3 heterocycles. The van der Waals surface area contributed by atoms with Gasteiger partial charge in [0.25, 0.3) is 0 Å². The molecule has 0 bridgehead atoms. The summed E-state index contributed by atoms with van der Waals surface area (Å²) >= 11 is 0. The lowest BCUT2D eigenvalue weighted by Gasteiger charge is -2.16. The molecular formula is C52H37N5. The molecule has 0 aliphatic carbocycles. The second-order valence-corrected chi connectivity index (χ2v) is 14.5. The van der Waals surface area contributed by atoms with E-state index in [1.54, 1.807) is 6.20 Å². The fraction of sp³-hybridized carbons (Fsp3) is 0.0385. The number of rotatable bonds is 7. The number of aryl methyl sites for hydroxylation is 2. The van der Waals surface area contributed by atoms with Crippen LogP contribution >= 0.6 is 0 Å². The van der Waals surface area contributed by atoms with E-state index in [1.807, 2.05) is 72.9 Å². The summed E-state index contributed by atoms with van der Waals surface area (Å²) in [5.74, 6) is 1.82. The van der Waals surface area contributed by atoms with E-state index in [2.05, 4.69) is 133 Å². The summed E-state index contributed by atoms with van der Waals surface area (Å²) in [5, 5.41) is 2.34. The quantitative estimate of drug-likeness (QED) is 0.164. The van der Waals surface area contributed by atoms with Gasteiger partial charge in [-0.3, -0.25) is 4.98 Å². The van der Waals surface area contributed by atoms with Crippen molar-refractivity contribution in [3.05, 3.63) is 199 Å². The van der Waals surface area contributed by atoms with Crippen LogP contribution in [0.1, 0.15) is 11.1 Å². The molecule has 0 aliphatic heterocycles. The Bertz CT molecular complexity index is 2880. The number of pyridine rings is 1. The van der Waals surface area contributed by atoms with Crippen molar-refractivity contribution in [2.24, 2.45) is 0 Å². The first-order chi connectivity index (χ1) is 28.1. The van der Waals surface area contributed by atoms with E-state index < -0.39 is 0 Å². The highest BCUT2D eigenvalue weighted by Gasteiger charge is 2.21. The van der Waals surface area contributed by atoms with Gasteiger partial charge in [0.2, 0.25) is 0 Å². The Kier molecular flexibility index (Phi) is 8.53. The van der Waals surface area contributed by atoms with Crippen LogP contribution in [0.3, 0.4) is 0 Å². The molecule has 57 heavy (non-hydrogen) atoms. The third kappa shape index (κ3) is 6.45. The van der Waals surface area contributed by atoms with Crippen molar-refractivity contribution in [3.8, 4) is 73.2 Å². The minimum absolute atomic E-state index is 0.589. The molecule has 0 fully saturated rings. The summed E-state index contributed by atoms with van der Waals surface area (Å²) in [4.78, 5) is 19.9. The van der Waals surface area contributed by atoms with Crippen LogP contribution in [0.15, 0.2) is 188 Å². The molecule has 270 valence electrons. The standard InChI is InChI=1S/C52H37N5/c1-34-15-19-36(20-16-34)40-23-26-47-44(30-40)45-31-41(37-21-17-35(2)18-22-37)24-27-48(45)57(47)49-28-25-42(43-14-9-29-53-33-43)32-46(49)52-55-50(38-10-5-3-6-11-38)54-51(56-52)39-12-7-4-8-13-39/h3-33H,1-2H3. The van der Waals surface area contributed by atoms with Gasteiger partial charge in [0.15, 0.2) is 17.5 Å². The summed E-state index contributed by atoms with van der Waals surface area (Å²) in [6.07, 6.45) is 3.70. The van der Waals surface area contributed by atoms with E-state index in [1.165, 1.54) is 44.2 Å². The predicted molar refractivity (Wildman–Crippen MR) is 234 cm³/mol. The molecule has 10 aromatic rings. The second-order valence-electron chi connectivity index (χ2n) is 14.5. The summed E-state index contributed by atoms with van der Waals surface area (Å²) in [6, 6.07) is 62.1. The lowest BCUT2D eigenvalue weighted by Crippen LogP contribution is -2.04. The van der Waals surface area contributed by atoms with E-state index in [0.717, 1.165) is 44.5 Å². The smallest absolute Gasteiger partial charge is 0.166 e. The molecule has 0 amide bonds. The average molecular weight is 732 g/mol. The molecule has 3 aromatic heterocycles. The minimum atomic E-state index is 0.589. The SMILES string of the molecule is Cc1ccc(-c2ccc3c(c2)c2cc(-c4ccc(C)cc4)ccc2n3-c2ccc(-c3cccnc3)cc2-c2nc(-c3ccccc3)nc(-c3ccccc3)n2)cc1. The van der Waals surface area contributed by atoms with Crippen molar-refractivity contribution in [1.29, 1.82) is 0 Å². The molecule has 0 saturated carbocycles. The van der Waals surface area contributed by atoms with Crippen molar-refractivity contribution < 1.29 is 0 Å². The van der Waals surface area contributed by atoms with Crippen molar-refractivity contribution >= 4 is 21.8 Å². The normalized spacial score (nSPS) is 11.3. The van der Waals surface area contributed by atoms with Crippen LogP contribution in [0.5, 0.6) is 0 Å². The maximum atomic E-state index is 5.24. The van der Waals surface area contributed by atoms with Crippen LogP contribution in [0.25, 0.3) is 95.0 Å². The minimum Gasteiger partial charge on any atom is -0.308 e. The highest BCUT2D eigenvalue weighted by Crippen LogP contribution is 2.41. The number of fused-ring (bicyclic) bond motifs is 3. The van der Waals surface area contributed by atoms with Gasteiger partial charge in [-0.05, 0) is 84.1 Å². The summed E-state index contributed by atoms with van der Waals surface area (Å²) < 4.78 is 2.37. The molecule has 0 unspecified atom stereocenters. The number of nitrogens with zero attached hydrogens (tertiary/aromatic N) is 5. The van der Waals surface area contributed by atoms with Gasteiger partial charge in [0.05, 0.1) is 16.7 Å². The van der Waals surface area contributed by atoms with Gasteiger partial charge in [-0.1, -0.05) is 145 Å². The highest BCUT2D eigenvalue weighted by atomic mass is 15.1. The summed E-state index contributed by atoms with van der Waals surface area (Å²) in [6.45, 7) is 4.25. The van der Waals surface area contributed by atoms with Gasteiger partial charge in [-0.25, -0.2) is 15.0 Å². The molecule has 5 heteroatoms. The zero-order valence-corrected chi connectivity index (χ0v) is 31.6. The zero-order valence-electron chi connectivity index (χ0n) is 31.6. The number of hydrogen-bond donors (Lipinski definition) is 0. The van der Waals surface area contributed by atoms with Crippen LogP contribution < -0.4 is 0 Å². The van der Waals surface area contributed by atoms with E-state index in [0.29, 0.717) is 17.5 Å². The Hall–Kier alpha value is -7.50. The van der Waals surface area contributed by atoms with E-state index >= 15 is 0 Å². The molecule has 0 N–H and O–H groups in total. The predicted octanol–water partition coefficient (Wildman–Crippen LogP) is 13.0. The van der Waals surface area contributed by atoms with Crippen LogP contribution in [0.2, 0.25) is 0 Å². The van der Waals surface area contributed by atoms with Crippen molar-refractivity contribution in [2.75, 3.05) is 0 Å². The molecule has 0 radical (unpaired) electrons. The molecule has 0 aliphatic rings. The topological polar surface area (TPSA) is 56.5 Å². The fourth-order valence-electron chi connectivity index (χ4n) is 7.69. The maximum Gasteiger partial charge on any atom is 0.166 e. The molecule has 0 atom stereocenters. The van der Waals surface area contributed by atoms with Crippen LogP contribution in [-0.2, 0) is 0 Å². The molecule has 7 aromatic carbocycles. The van der Waals surface area contributed by atoms with Crippen molar-refractivity contribution in [3.63, 3.8) is 0 Å². The third-order valence-corrected chi connectivity index (χ3v) is 10.7. The Morgan fingerprint density at radius 3 is 1.33 bits per heavy atom. The Morgan fingerprint density at radius 2 is 0.825 bits per heavy atom. The fourth-order valence-corrected chi connectivity index (χ4v) is 7.69. The van der Waals surface area contributed by atoms with Gasteiger partial charge in [-0.15, -0.1) is 0 Å². The molecule has 10 rings (SSSR count). The average Bonchev–Trinajstić information content (AvgIpc) is 3.60. The lowest BCUT2D eigenvalue weighted by atomic mass is 9.99.